The number of H-pyrrole nitrogens is 1. The van der Waals surface area contributed by atoms with Crippen molar-refractivity contribution in [1.29, 1.82) is 0 Å². The molecule has 5 rings (SSSR count). The zero-order valence-corrected chi connectivity index (χ0v) is 17.2. The molecule has 10 heteroatoms. The second-order valence-electron chi connectivity index (χ2n) is 7.66. The SMILES string of the molecule is CCOC(=O)[C@H]1N[C@@H]2C[C@@H]1CN(c1ncc(Cl)c(Nc3ccc4[nH]ncc4c3)n1)C2. The van der Waals surface area contributed by atoms with Gasteiger partial charge in [0, 0.05) is 36.1 Å². The zero-order chi connectivity index (χ0) is 20.7. The number of piperidine rings is 1. The number of nitrogens with zero attached hydrogens (tertiary/aromatic N) is 4. The number of carbonyl (C=O) groups excluding carboxylic acids is 1. The first-order valence-corrected chi connectivity index (χ1v) is 10.4. The summed E-state index contributed by atoms with van der Waals surface area (Å²) in [6.45, 7) is 3.63. The van der Waals surface area contributed by atoms with Crippen molar-refractivity contribution in [2.45, 2.75) is 25.4 Å². The predicted octanol–water partition coefficient (Wildman–Crippen LogP) is 2.48. The fourth-order valence-electron chi connectivity index (χ4n) is 4.30. The topological polar surface area (TPSA) is 108 Å². The lowest BCUT2D eigenvalue weighted by Gasteiger charge is -2.31. The van der Waals surface area contributed by atoms with E-state index in [1.54, 1.807) is 12.4 Å². The average Bonchev–Trinajstić information content (AvgIpc) is 3.32. The standard InChI is InChI=1S/C20H22ClN7O2/c1-2-30-19(29)17-12-6-14(24-17)10-28(9-12)20-22-8-15(21)18(26-20)25-13-3-4-16-11(5-13)7-23-27-16/h3-5,7-8,12,14,17,24H,2,6,9-10H2,1H3,(H,23,27)(H,22,25,26)/t12-,14-,17+/m1/s1. The molecule has 3 atom stereocenters. The molecule has 0 saturated carbocycles. The first-order chi connectivity index (χ1) is 14.6. The molecule has 3 aromatic rings. The van der Waals surface area contributed by atoms with Crippen LogP contribution in [0.25, 0.3) is 10.9 Å². The summed E-state index contributed by atoms with van der Waals surface area (Å²) in [6, 6.07) is 5.80. The number of nitrogens with one attached hydrogen (secondary N) is 3. The maximum Gasteiger partial charge on any atom is 0.323 e. The summed E-state index contributed by atoms with van der Waals surface area (Å²) in [5.74, 6) is 1.12. The average molecular weight is 428 g/mol. The molecular weight excluding hydrogens is 406 g/mol. The Bertz CT molecular complexity index is 1090. The Hall–Kier alpha value is -2.91. The molecule has 2 saturated heterocycles. The summed E-state index contributed by atoms with van der Waals surface area (Å²) in [5, 5.41) is 15.1. The first kappa shape index (κ1) is 19.1. The number of ether oxygens (including phenoxy) is 1. The molecule has 9 nitrogen and oxygen atoms in total. The number of anilines is 3. The van der Waals surface area contributed by atoms with Gasteiger partial charge in [-0.05, 0) is 31.5 Å². The molecule has 2 aromatic heterocycles. The smallest absolute Gasteiger partial charge is 0.323 e. The van der Waals surface area contributed by atoms with E-state index in [1.807, 2.05) is 25.1 Å². The lowest BCUT2D eigenvalue weighted by molar-refractivity contribution is -0.146. The number of carbonyl (C=O) groups is 1. The Kier molecular flexibility index (Phi) is 4.92. The third-order valence-electron chi connectivity index (χ3n) is 5.63. The molecule has 0 unspecified atom stereocenters. The van der Waals surface area contributed by atoms with Crippen molar-refractivity contribution < 1.29 is 9.53 Å². The molecule has 0 aliphatic carbocycles. The van der Waals surface area contributed by atoms with Crippen LogP contribution in [0.15, 0.2) is 30.6 Å². The number of aromatic amines is 1. The molecule has 2 bridgehead atoms. The molecule has 4 heterocycles. The van der Waals surface area contributed by atoms with E-state index in [4.69, 9.17) is 16.3 Å². The molecule has 156 valence electrons. The van der Waals surface area contributed by atoms with E-state index in [0.29, 0.717) is 29.9 Å². The Labute approximate surface area is 178 Å². The predicted molar refractivity (Wildman–Crippen MR) is 114 cm³/mol. The lowest BCUT2D eigenvalue weighted by atomic mass is 9.95. The summed E-state index contributed by atoms with van der Waals surface area (Å²) in [5.41, 5.74) is 1.82. The quantitative estimate of drug-likeness (QED) is 0.533. The van der Waals surface area contributed by atoms with Crippen LogP contribution in [0.5, 0.6) is 0 Å². The van der Waals surface area contributed by atoms with Crippen LogP contribution in [-0.2, 0) is 9.53 Å². The minimum Gasteiger partial charge on any atom is -0.465 e. The fourth-order valence-corrected chi connectivity index (χ4v) is 4.44. The van der Waals surface area contributed by atoms with Gasteiger partial charge in [0.25, 0.3) is 0 Å². The minimum absolute atomic E-state index is 0.169. The molecule has 2 fully saturated rings. The van der Waals surface area contributed by atoms with Crippen LogP contribution < -0.4 is 15.5 Å². The number of fused-ring (bicyclic) bond motifs is 3. The summed E-state index contributed by atoms with van der Waals surface area (Å²) >= 11 is 6.35. The lowest BCUT2D eigenvalue weighted by Crippen LogP contribution is -2.42. The van der Waals surface area contributed by atoms with Crippen molar-refractivity contribution in [3.05, 3.63) is 35.6 Å². The highest BCUT2D eigenvalue weighted by molar-refractivity contribution is 6.32. The molecule has 0 amide bonds. The number of aromatic nitrogens is 4. The molecule has 2 aliphatic heterocycles. The molecular formula is C20H22ClN7O2. The van der Waals surface area contributed by atoms with Gasteiger partial charge in [-0.2, -0.15) is 10.1 Å². The summed E-state index contributed by atoms with van der Waals surface area (Å²) in [4.78, 5) is 23.4. The van der Waals surface area contributed by atoms with E-state index in [2.05, 4.69) is 35.7 Å². The number of halogens is 1. The van der Waals surface area contributed by atoms with E-state index in [1.165, 1.54) is 0 Å². The first-order valence-electron chi connectivity index (χ1n) is 10.0. The van der Waals surface area contributed by atoms with Crippen LogP contribution in [-0.4, -0.2) is 57.9 Å². The molecule has 0 radical (unpaired) electrons. The Morgan fingerprint density at radius 2 is 2.27 bits per heavy atom. The van der Waals surface area contributed by atoms with E-state index in [-0.39, 0.29) is 24.0 Å². The van der Waals surface area contributed by atoms with Crippen LogP contribution in [0.4, 0.5) is 17.5 Å². The monoisotopic (exact) mass is 427 g/mol. The Balaban J connectivity index is 1.35. The van der Waals surface area contributed by atoms with Gasteiger partial charge in [0.2, 0.25) is 5.95 Å². The van der Waals surface area contributed by atoms with Gasteiger partial charge < -0.3 is 15.0 Å². The zero-order valence-electron chi connectivity index (χ0n) is 16.4. The molecule has 1 aromatic carbocycles. The highest BCUT2D eigenvalue weighted by Crippen LogP contribution is 2.32. The van der Waals surface area contributed by atoms with Crippen molar-refractivity contribution in [2.75, 3.05) is 29.9 Å². The van der Waals surface area contributed by atoms with Crippen LogP contribution in [0.2, 0.25) is 5.02 Å². The van der Waals surface area contributed by atoms with Crippen LogP contribution in [0.1, 0.15) is 13.3 Å². The van der Waals surface area contributed by atoms with Gasteiger partial charge in [-0.1, -0.05) is 11.6 Å². The van der Waals surface area contributed by atoms with Crippen LogP contribution in [0, 0.1) is 5.92 Å². The van der Waals surface area contributed by atoms with Gasteiger partial charge in [-0.3, -0.25) is 15.2 Å². The van der Waals surface area contributed by atoms with Gasteiger partial charge in [0.1, 0.15) is 11.1 Å². The number of benzene rings is 1. The van der Waals surface area contributed by atoms with Crippen molar-refractivity contribution >= 4 is 45.9 Å². The van der Waals surface area contributed by atoms with Crippen molar-refractivity contribution in [3.8, 4) is 0 Å². The molecule has 30 heavy (non-hydrogen) atoms. The minimum atomic E-state index is -0.272. The maximum absolute atomic E-state index is 12.2. The van der Waals surface area contributed by atoms with Crippen molar-refractivity contribution in [1.82, 2.24) is 25.5 Å². The Morgan fingerprint density at radius 3 is 3.13 bits per heavy atom. The van der Waals surface area contributed by atoms with Crippen LogP contribution >= 0.6 is 11.6 Å². The summed E-state index contributed by atoms with van der Waals surface area (Å²) in [6.07, 6.45) is 4.32. The van der Waals surface area contributed by atoms with Gasteiger partial charge in [-0.15, -0.1) is 0 Å². The van der Waals surface area contributed by atoms with E-state index < -0.39 is 0 Å². The Morgan fingerprint density at radius 1 is 1.37 bits per heavy atom. The summed E-state index contributed by atoms with van der Waals surface area (Å²) < 4.78 is 5.22. The molecule has 0 spiro atoms. The highest BCUT2D eigenvalue weighted by Gasteiger charge is 2.44. The normalized spacial score (nSPS) is 23.0. The second kappa shape index (κ2) is 7.73. The van der Waals surface area contributed by atoms with Gasteiger partial charge in [-0.25, -0.2) is 4.98 Å². The number of esters is 1. The summed E-state index contributed by atoms with van der Waals surface area (Å²) in [7, 11) is 0. The van der Waals surface area contributed by atoms with Crippen molar-refractivity contribution in [2.24, 2.45) is 5.92 Å². The number of rotatable bonds is 5. The van der Waals surface area contributed by atoms with Gasteiger partial charge in [0.05, 0.1) is 24.5 Å². The largest absolute Gasteiger partial charge is 0.465 e. The van der Waals surface area contributed by atoms with Crippen LogP contribution in [0.3, 0.4) is 0 Å². The van der Waals surface area contributed by atoms with E-state index in [0.717, 1.165) is 29.6 Å². The molecule has 3 N–H and O–H groups in total. The van der Waals surface area contributed by atoms with Gasteiger partial charge >= 0.3 is 5.97 Å². The third-order valence-corrected chi connectivity index (χ3v) is 5.90. The highest BCUT2D eigenvalue weighted by atomic mass is 35.5. The maximum atomic E-state index is 12.2. The van der Waals surface area contributed by atoms with E-state index in [9.17, 15) is 4.79 Å². The second-order valence-corrected chi connectivity index (χ2v) is 8.06. The number of hydrogen-bond donors (Lipinski definition) is 3. The fraction of sp³-hybridized carbons (Fsp3) is 0.400. The third kappa shape index (κ3) is 3.54. The molecule has 2 aliphatic rings. The van der Waals surface area contributed by atoms with Crippen molar-refractivity contribution in [3.63, 3.8) is 0 Å². The number of hydrogen-bond acceptors (Lipinski definition) is 8. The van der Waals surface area contributed by atoms with Gasteiger partial charge in [0.15, 0.2) is 5.82 Å². The van der Waals surface area contributed by atoms with E-state index >= 15 is 0 Å².